The van der Waals surface area contributed by atoms with E-state index in [0.29, 0.717) is 6.54 Å². The fraction of sp³-hybridized carbons (Fsp3) is 0.480. The zero-order chi connectivity index (χ0) is 24.8. The van der Waals surface area contributed by atoms with E-state index >= 15 is 0 Å². The Morgan fingerprint density at radius 3 is 2.18 bits per heavy atom. The summed E-state index contributed by atoms with van der Waals surface area (Å²) in [6, 6.07) is 18.1. The number of carboxylic acids is 1. The van der Waals surface area contributed by atoms with Gasteiger partial charge in [0.2, 0.25) is 0 Å². The largest absolute Gasteiger partial charge is 0.494 e. The van der Waals surface area contributed by atoms with E-state index in [2.05, 4.69) is 17.0 Å². The molecular formula is C25H33F3N2O4. The second-order valence-electron chi connectivity index (χ2n) is 7.97. The lowest BCUT2D eigenvalue weighted by Crippen LogP contribution is -2.31. The SMILES string of the molecule is NCCC(Oc1ccccc1)c1ccc(OCCCN2CCCCC2)cc1.O=C(O)C(F)(F)F. The van der Waals surface area contributed by atoms with E-state index in [1.54, 1.807) is 0 Å². The summed E-state index contributed by atoms with van der Waals surface area (Å²) in [5.41, 5.74) is 6.91. The van der Waals surface area contributed by atoms with Crippen LogP contribution in [0.1, 0.15) is 43.8 Å². The third kappa shape index (κ3) is 10.4. The van der Waals surface area contributed by atoms with Crippen molar-refractivity contribution in [3.63, 3.8) is 0 Å². The summed E-state index contributed by atoms with van der Waals surface area (Å²) in [7, 11) is 0. The zero-order valence-corrected chi connectivity index (χ0v) is 19.2. The molecule has 1 atom stereocenters. The predicted octanol–water partition coefficient (Wildman–Crippen LogP) is 5.04. The molecule has 1 aliphatic rings. The highest BCUT2D eigenvalue weighted by Crippen LogP contribution is 2.26. The highest BCUT2D eigenvalue weighted by Gasteiger charge is 2.38. The van der Waals surface area contributed by atoms with E-state index in [9.17, 15) is 13.2 Å². The van der Waals surface area contributed by atoms with Crippen molar-refractivity contribution in [2.45, 2.75) is 44.4 Å². The summed E-state index contributed by atoms with van der Waals surface area (Å²) in [5.74, 6) is -0.968. The van der Waals surface area contributed by atoms with Crippen molar-refractivity contribution in [2.24, 2.45) is 5.73 Å². The summed E-state index contributed by atoms with van der Waals surface area (Å²) in [6.45, 7) is 4.99. The van der Waals surface area contributed by atoms with Gasteiger partial charge in [-0.25, -0.2) is 4.79 Å². The maximum absolute atomic E-state index is 10.6. The number of carboxylic acid groups (broad SMARTS) is 1. The van der Waals surface area contributed by atoms with Gasteiger partial charge >= 0.3 is 12.1 Å². The van der Waals surface area contributed by atoms with E-state index in [1.165, 1.54) is 32.4 Å². The highest BCUT2D eigenvalue weighted by molar-refractivity contribution is 5.73. The summed E-state index contributed by atoms with van der Waals surface area (Å²) in [6.07, 6.45) is 0.817. The Morgan fingerprint density at radius 1 is 1.00 bits per heavy atom. The molecule has 2 aromatic carbocycles. The molecule has 6 nitrogen and oxygen atoms in total. The summed E-state index contributed by atoms with van der Waals surface area (Å²) < 4.78 is 43.8. The molecule has 9 heteroatoms. The molecule has 188 valence electrons. The molecule has 1 fully saturated rings. The first-order chi connectivity index (χ1) is 16.3. The number of nitrogens with two attached hydrogens (primary N) is 1. The number of carbonyl (C=O) groups is 1. The number of piperidine rings is 1. The number of aliphatic carboxylic acids is 1. The first-order valence-corrected chi connectivity index (χ1v) is 11.5. The lowest BCUT2D eigenvalue weighted by Gasteiger charge is -2.26. The fourth-order valence-corrected chi connectivity index (χ4v) is 3.55. The normalized spacial score (nSPS) is 15.1. The number of halogens is 3. The molecule has 1 aliphatic heterocycles. The van der Waals surface area contributed by atoms with Crippen LogP contribution in [0.2, 0.25) is 0 Å². The number of para-hydroxylation sites is 1. The summed E-state index contributed by atoms with van der Waals surface area (Å²) >= 11 is 0. The number of alkyl halides is 3. The average Bonchev–Trinajstić information content (AvgIpc) is 2.83. The van der Waals surface area contributed by atoms with Crippen molar-refractivity contribution < 1.29 is 32.5 Å². The molecule has 0 amide bonds. The van der Waals surface area contributed by atoms with Gasteiger partial charge in [-0.15, -0.1) is 0 Å². The van der Waals surface area contributed by atoms with E-state index in [0.717, 1.165) is 43.1 Å². The third-order valence-electron chi connectivity index (χ3n) is 5.28. The summed E-state index contributed by atoms with van der Waals surface area (Å²) in [5, 5.41) is 7.12. The maximum Gasteiger partial charge on any atom is 0.490 e. The van der Waals surface area contributed by atoms with E-state index < -0.39 is 12.1 Å². The Balaban J connectivity index is 0.000000509. The quantitative estimate of drug-likeness (QED) is 0.462. The number of ether oxygens (including phenoxy) is 2. The first-order valence-electron chi connectivity index (χ1n) is 11.5. The van der Waals surface area contributed by atoms with Gasteiger partial charge in [0.25, 0.3) is 0 Å². The van der Waals surface area contributed by atoms with Gasteiger partial charge in [0.1, 0.15) is 17.6 Å². The zero-order valence-electron chi connectivity index (χ0n) is 19.2. The predicted molar refractivity (Wildman–Crippen MR) is 124 cm³/mol. The third-order valence-corrected chi connectivity index (χ3v) is 5.28. The molecule has 3 N–H and O–H groups in total. The van der Waals surface area contributed by atoms with Crippen LogP contribution in [0.15, 0.2) is 54.6 Å². The maximum atomic E-state index is 10.6. The molecule has 0 bridgehead atoms. The van der Waals surface area contributed by atoms with Crippen LogP contribution in [-0.4, -0.2) is 54.9 Å². The van der Waals surface area contributed by atoms with Crippen molar-refractivity contribution in [1.29, 1.82) is 0 Å². The molecule has 0 aromatic heterocycles. The number of hydrogen-bond acceptors (Lipinski definition) is 5. The van der Waals surface area contributed by atoms with Gasteiger partial charge in [0.05, 0.1) is 6.61 Å². The second-order valence-corrected chi connectivity index (χ2v) is 7.97. The van der Waals surface area contributed by atoms with Gasteiger partial charge in [-0.3, -0.25) is 0 Å². The fourth-order valence-electron chi connectivity index (χ4n) is 3.55. The second kappa shape index (κ2) is 14.5. The average molecular weight is 483 g/mol. The minimum atomic E-state index is -5.08. The van der Waals surface area contributed by atoms with Gasteiger partial charge in [-0.05, 0) is 68.7 Å². The van der Waals surface area contributed by atoms with Gasteiger partial charge in [0, 0.05) is 13.0 Å². The van der Waals surface area contributed by atoms with Crippen LogP contribution in [0.4, 0.5) is 13.2 Å². The van der Waals surface area contributed by atoms with Gasteiger partial charge < -0.3 is 25.2 Å². The van der Waals surface area contributed by atoms with E-state index in [-0.39, 0.29) is 6.10 Å². The molecule has 0 spiro atoms. The molecule has 0 aliphatic carbocycles. The molecule has 2 aromatic rings. The topological polar surface area (TPSA) is 85.0 Å². The van der Waals surface area contributed by atoms with Crippen molar-refractivity contribution in [3.8, 4) is 11.5 Å². The smallest absolute Gasteiger partial charge is 0.490 e. The van der Waals surface area contributed by atoms with Gasteiger partial charge in [0.15, 0.2) is 0 Å². The van der Waals surface area contributed by atoms with Crippen LogP contribution in [0, 0.1) is 0 Å². The molecule has 1 saturated heterocycles. The number of hydrogen-bond donors (Lipinski definition) is 2. The monoisotopic (exact) mass is 482 g/mol. The van der Waals surface area contributed by atoms with Crippen molar-refractivity contribution in [2.75, 3.05) is 32.8 Å². The minimum absolute atomic E-state index is 0.0365. The van der Waals surface area contributed by atoms with Gasteiger partial charge in [-0.1, -0.05) is 36.8 Å². The lowest BCUT2D eigenvalue weighted by molar-refractivity contribution is -0.192. The Bertz CT molecular complexity index is 826. The standard InChI is InChI=1S/C23H32N2O2.C2HF3O2/c24-15-14-23(27-22-8-3-1-4-9-22)20-10-12-21(13-11-20)26-19-7-18-25-16-5-2-6-17-25;3-2(4,5)1(6)7/h1,3-4,8-13,23H,2,5-7,14-19,24H2;(H,6,7). The lowest BCUT2D eigenvalue weighted by atomic mass is 10.1. The van der Waals surface area contributed by atoms with Crippen LogP contribution in [-0.2, 0) is 4.79 Å². The number of nitrogens with zero attached hydrogens (tertiary/aromatic N) is 1. The molecule has 3 rings (SSSR count). The van der Waals surface area contributed by atoms with E-state index in [4.69, 9.17) is 25.1 Å². The Morgan fingerprint density at radius 2 is 1.62 bits per heavy atom. The van der Waals surface area contributed by atoms with Crippen LogP contribution < -0.4 is 15.2 Å². The Hall–Kier alpha value is -2.78. The van der Waals surface area contributed by atoms with Crippen LogP contribution in [0.25, 0.3) is 0 Å². The molecule has 34 heavy (non-hydrogen) atoms. The Labute approximate surface area is 198 Å². The van der Waals surface area contributed by atoms with Crippen molar-refractivity contribution in [1.82, 2.24) is 4.90 Å². The molecule has 1 heterocycles. The van der Waals surface area contributed by atoms with Crippen molar-refractivity contribution in [3.05, 3.63) is 60.2 Å². The molecular weight excluding hydrogens is 449 g/mol. The summed E-state index contributed by atoms with van der Waals surface area (Å²) in [4.78, 5) is 11.4. The Kier molecular flexibility index (Phi) is 11.7. The highest BCUT2D eigenvalue weighted by atomic mass is 19.4. The van der Waals surface area contributed by atoms with Crippen molar-refractivity contribution >= 4 is 5.97 Å². The van der Waals surface area contributed by atoms with Crippen LogP contribution in [0.5, 0.6) is 11.5 Å². The van der Waals surface area contributed by atoms with Crippen LogP contribution >= 0.6 is 0 Å². The molecule has 0 radical (unpaired) electrons. The van der Waals surface area contributed by atoms with Gasteiger partial charge in [-0.2, -0.15) is 13.2 Å². The number of rotatable bonds is 10. The molecule has 0 saturated carbocycles. The van der Waals surface area contributed by atoms with E-state index in [1.807, 2.05) is 42.5 Å². The first kappa shape index (κ1) is 27.5. The van der Waals surface area contributed by atoms with Crippen LogP contribution in [0.3, 0.4) is 0 Å². The number of benzene rings is 2. The molecule has 1 unspecified atom stereocenters. The minimum Gasteiger partial charge on any atom is -0.494 e. The number of likely N-dealkylation sites (tertiary alicyclic amines) is 1.